The van der Waals surface area contributed by atoms with Gasteiger partial charge in [0.15, 0.2) is 0 Å². The van der Waals surface area contributed by atoms with E-state index in [4.69, 9.17) is 21.4 Å². The maximum Gasteiger partial charge on any atom is 0.417 e. The van der Waals surface area contributed by atoms with E-state index in [1.807, 2.05) is 30.3 Å². The number of hydrogen-bond donors (Lipinski definition) is 2. The lowest BCUT2D eigenvalue weighted by molar-refractivity contribution is -0.138. The van der Waals surface area contributed by atoms with Gasteiger partial charge in [-0.2, -0.15) is 13.2 Å². The van der Waals surface area contributed by atoms with Gasteiger partial charge in [0, 0.05) is 30.6 Å². The van der Waals surface area contributed by atoms with Crippen LogP contribution in [0.25, 0.3) is 0 Å². The SMILES string of the molecule is O=C(O)CCCOc1ccc(CN(C(=O)Nc2ccc(Cl)c(C(F)(F)F)c2)C2C[C@H]2c2ccccc2)cc1. The molecule has 1 saturated carbocycles. The normalized spacial score (nSPS) is 16.5. The van der Waals surface area contributed by atoms with Crippen LogP contribution in [-0.4, -0.2) is 34.7 Å². The molecule has 1 aliphatic carbocycles. The second-order valence-electron chi connectivity index (χ2n) is 9.06. The first-order chi connectivity index (χ1) is 18.1. The van der Waals surface area contributed by atoms with E-state index in [-0.39, 0.29) is 37.2 Å². The Balaban J connectivity index is 1.48. The highest BCUT2D eigenvalue weighted by Gasteiger charge is 2.45. The maximum atomic E-state index is 13.3. The minimum absolute atomic E-state index is 0.00116. The molecule has 1 unspecified atom stereocenters. The summed E-state index contributed by atoms with van der Waals surface area (Å²) in [6.07, 6.45) is -3.51. The number of carboxylic acid groups (broad SMARTS) is 1. The van der Waals surface area contributed by atoms with Gasteiger partial charge in [0.05, 0.1) is 17.2 Å². The van der Waals surface area contributed by atoms with Crippen LogP contribution >= 0.6 is 11.6 Å². The summed E-state index contributed by atoms with van der Waals surface area (Å²) >= 11 is 5.72. The van der Waals surface area contributed by atoms with E-state index >= 15 is 0 Å². The Labute approximate surface area is 223 Å². The van der Waals surface area contributed by atoms with Gasteiger partial charge in [0.1, 0.15) is 5.75 Å². The molecule has 0 aliphatic heterocycles. The summed E-state index contributed by atoms with van der Waals surface area (Å²) in [6.45, 7) is 0.501. The third-order valence-corrected chi connectivity index (χ3v) is 6.58. The highest BCUT2D eigenvalue weighted by atomic mass is 35.5. The Bertz CT molecular complexity index is 1270. The van der Waals surface area contributed by atoms with Crippen molar-refractivity contribution in [3.63, 3.8) is 0 Å². The number of carboxylic acids is 1. The Morgan fingerprint density at radius 2 is 1.76 bits per heavy atom. The van der Waals surface area contributed by atoms with Gasteiger partial charge in [0.25, 0.3) is 0 Å². The Morgan fingerprint density at radius 3 is 2.42 bits per heavy atom. The summed E-state index contributed by atoms with van der Waals surface area (Å²) in [4.78, 5) is 25.6. The molecule has 2 atom stereocenters. The number of benzene rings is 3. The van der Waals surface area contributed by atoms with Crippen LogP contribution in [0.3, 0.4) is 0 Å². The van der Waals surface area contributed by atoms with Crippen LogP contribution in [0.15, 0.2) is 72.8 Å². The first-order valence-electron chi connectivity index (χ1n) is 12.0. The van der Waals surface area contributed by atoms with E-state index in [0.29, 0.717) is 12.2 Å². The quantitative estimate of drug-likeness (QED) is 0.264. The van der Waals surface area contributed by atoms with Crippen molar-refractivity contribution in [3.8, 4) is 5.75 Å². The van der Waals surface area contributed by atoms with E-state index in [0.717, 1.165) is 29.7 Å². The van der Waals surface area contributed by atoms with Gasteiger partial charge in [0.2, 0.25) is 0 Å². The van der Waals surface area contributed by atoms with Crippen LogP contribution < -0.4 is 10.1 Å². The first kappa shape index (κ1) is 27.3. The van der Waals surface area contributed by atoms with Crippen molar-refractivity contribution in [2.24, 2.45) is 0 Å². The molecule has 2 N–H and O–H groups in total. The molecule has 0 radical (unpaired) electrons. The van der Waals surface area contributed by atoms with Crippen molar-refractivity contribution in [2.75, 3.05) is 11.9 Å². The average molecular weight is 547 g/mol. The standard InChI is InChI=1S/C28H26ClF3N2O4/c29-24-13-10-20(15-23(24)28(30,31)32)33-27(37)34(25-16-22(25)19-5-2-1-3-6-19)17-18-8-11-21(12-9-18)38-14-4-7-26(35)36/h1-3,5-6,8-13,15,22,25H,4,7,14,16-17H2,(H,33,37)(H,35,36)/t22-,25?/m0/s1. The van der Waals surface area contributed by atoms with Crippen molar-refractivity contribution in [3.05, 3.63) is 94.5 Å². The molecule has 3 aromatic rings. The largest absolute Gasteiger partial charge is 0.494 e. The van der Waals surface area contributed by atoms with E-state index in [1.165, 1.54) is 6.07 Å². The fraction of sp³-hybridized carbons (Fsp3) is 0.286. The lowest BCUT2D eigenvalue weighted by atomic mass is 10.1. The zero-order valence-corrected chi connectivity index (χ0v) is 21.0. The van der Waals surface area contributed by atoms with E-state index in [1.54, 1.807) is 29.2 Å². The lowest BCUT2D eigenvalue weighted by Gasteiger charge is -2.24. The molecule has 0 aromatic heterocycles. The van der Waals surface area contributed by atoms with Crippen LogP contribution in [0, 0.1) is 0 Å². The minimum atomic E-state index is -4.65. The second kappa shape index (κ2) is 11.8. The van der Waals surface area contributed by atoms with Gasteiger partial charge in [-0.25, -0.2) is 4.79 Å². The third-order valence-electron chi connectivity index (χ3n) is 6.25. The molecule has 1 aliphatic rings. The summed E-state index contributed by atoms with van der Waals surface area (Å²) in [5.74, 6) is -0.191. The van der Waals surface area contributed by atoms with Crippen molar-refractivity contribution in [1.29, 1.82) is 0 Å². The average Bonchev–Trinajstić information content (AvgIpc) is 3.67. The Morgan fingerprint density at radius 1 is 1.05 bits per heavy atom. The van der Waals surface area contributed by atoms with Gasteiger partial charge in [-0.3, -0.25) is 4.79 Å². The number of nitrogens with zero attached hydrogens (tertiary/aromatic N) is 1. The number of nitrogens with one attached hydrogen (secondary N) is 1. The van der Waals surface area contributed by atoms with Crippen LogP contribution in [-0.2, 0) is 17.5 Å². The Hall–Kier alpha value is -3.72. The predicted molar refractivity (Wildman–Crippen MR) is 137 cm³/mol. The number of alkyl halides is 3. The van der Waals surface area contributed by atoms with Gasteiger partial charge >= 0.3 is 18.2 Å². The number of halogens is 4. The fourth-order valence-corrected chi connectivity index (χ4v) is 4.47. The summed E-state index contributed by atoms with van der Waals surface area (Å²) in [6, 6.07) is 19.5. The summed E-state index contributed by atoms with van der Waals surface area (Å²) in [7, 11) is 0. The zero-order chi connectivity index (χ0) is 27.3. The van der Waals surface area contributed by atoms with Gasteiger partial charge in [-0.15, -0.1) is 0 Å². The van der Waals surface area contributed by atoms with Crippen LogP contribution in [0.1, 0.15) is 41.9 Å². The van der Waals surface area contributed by atoms with Crippen molar-refractivity contribution in [2.45, 2.75) is 43.9 Å². The topological polar surface area (TPSA) is 78.9 Å². The van der Waals surface area contributed by atoms with Crippen LogP contribution in [0.5, 0.6) is 5.75 Å². The molecule has 0 spiro atoms. The molecule has 0 bridgehead atoms. The molecule has 0 heterocycles. The van der Waals surface area contributed by atoms with E-state index in [2.05, 4.69) is 5.32 Å². The molecule has 38 heavy (non-hydrogen) atoms. The number of rotatable bonds is 10. The number of amides is 2. The molecule has 10 heteroatoms. The smallest absolute Gasteiger partial charge is 0.417 e. The van der Waals surface area contributed by atoms with Gasteiger partial charge < -0.3 is 20.1 Å². The first-order valence-corrected chi connectivity index (χ1v) is 12.4. The molecule has 2 amide bonds. The number of urea groups is 1. The molecule has 4 rings (SSSR count). The van der Waals surface area contributed by atoms with Crippen LogP contribution in [0.4, 0.5) is 23.7 Å². The molecule has 6 nitrogen and oxygen atoms in total. The third kappa shape index (κ3) is 7.19. The van der Waals surface area contributed by atoms with Crippen molar-refractivity contribution < 1.29 is 32.6 Å². The molecular formula is C28H26ClF3N2O4. The van der Waals surface area contributed by atoms with Crippen molar-refractivity contribution in [1.82, 2.24) is 4.90 Å². The van der Waals surface area contributed by atoms with E-state index in [9.17, 15) is 22.8 Å². The summed E-state index contributed by atoms with van der Waals surface area (Å²) in [5.41, 5.74) is 0.880. The molecule has 3 aromatic carbocycles. The number of ether oxygens (including phenoxy) is 1. The minimum Gasteiger partial charge on any atom is -0.494 e. The van der Waals surface area contributed by atoms with Crippen molar-refractivity contribution >= 4 is 29.3 Å². The Kier molecular flexibility index (Phi) is 8.46. The number of anilines is 1. The predicted octanol–water partition coefficient (Wildman–Crippen LogP) is 7.19. The lowest BCUT2D eigenvalue weighted by Crippen LogP contribution is -2.37. The second-order valence-corrected chi connectivity index (χ2v) is 9.47. The molecule has 1 fully saturated rings. The fourth-order valence-electron chi connectivity index (χ4n) is 4.24. The number of carbonyl (C=O) groups is 2. The van der Waals surface area contributed by atoms with Gasteiger partial charge in [-0.05, 0) is 54.3 Å². The number of carbonyl (C=O) groups excluding carboxylic acids is 1. The zero-order valence-electron chi connectivity index (χ0n) is 20.2. The monoisotopic (exact) mass is 546 g/mol. The molecule has 0 saturated heterocycles. The van der Waals surface area contributed by atoms with Crippen LogP contribution in [0.2, 0.25) is 5.02 Å². The molecular weight excluding hydrogens is 521 g/mol. The molecule has 200 valence electrons. The maximum absolute atomic E-state index is 13.3. The number of aliphatic carboxylic acids is 1. The van der Waals surface area contributed by atoms with E-state index < -0.39 is 28.8 Å². The highest BCUT2D eigenvalue weighted by molar-refractivity contribution is 6.31. The summed E-state index contributed by atoms with van der Waals surface area (Å²) in [5, 5.41) is 10.9. The number of hydrogen-bond acceptors (Lipinski definition) is 3. The van der Waals surface area contributed by atoms with Gasteiger partial charge in [-0.1, -0.05) is 54.1 Å². The summed E-state index contributed by atoms with van der Waals surface area (Å²) < 4.78 is 45.5. The highest BCUT2D eigenvalue weighted by Crippen LogP contribution is 2.45.